The molecule has 0 unspecified atom stereocenters. The Morgan fingerprint density at radius 1 is 1.27 bits per heavy atom. The number of nitrogens with zero attached hydrogens (tertiary/aromatic N) is 1. The highest BCUT2D eigenvalue weighted by molar-refractivity contribution is 5.31. The number of hydrogen-bond donors (Lipinski definition) is 0. The fraction of sp³-hybridized carbons (Fsp3) is 0.500. The first-order valence-corrected chi connectivity index (χ1v) is 4.26. The van der Waals surface area contributed by atoms with Gasteiger partial charge in [0.15, 0.2) is 0 Å². The Hall–Kier alpha value is -0.850. The van der Waals surface area contributed by atoms with E-state index in [4.69, 9.17) is 0 Å². The summed E-state index contributed by atoms with van der Waals surface area (Å²) in [6.07, 6.45) is 2.43. The Kier molecular flexibility index (Phi) is 1.45. The zero-order chi connectivity index (χ0) is 7.84. The molecule has 0 saturated heterocycles. The molecule has 0 fully saturated rings. The lowest BCUT2D eigenvalue weighted by molar-refractivity contribution is 0.738. The Balaban J connectivity index is 2.38. The third kappa shape index (κ3) is 1.05. The van der Waals surface area contributed by atoms with Crippen LogP contribution in [0.1, 0.15) is 36.7 Å². The first-order chi connectivity index (χ1) is 5.27. The highest BCUT2D eigenvalue weighted by Crippen LogP contribution is 2.22. The SMILES string of the molecule is CC(C)c1ccc2c(n1)CC2. The quantitative estimate of drug-likeness (QED) is 0.594. The van der Waals surface area contributed by atoms with Crippen LogP contribution >= 0.6 is 0 Å². The monoisotopic (exact) mass is 147 g/mol. The van der Waals surface area contributed by atoms with E-state index in [1.54, 1.807) is 0 Å². The Labute approximate surface area is 67.5 Å². The van der Waals surface area contributed by atoms with Crippen molar-refractivity contribution in [2.45, 2.75) is 32.6 Å². The smallest absolute Gasteiger partial charge is 0.0442 e. The molecular formula is C10H13N. The van der Waals surface area contributed by atoms with Crippen molar-refractivity contribution in [2.75, 3.05) is 0 Å². The summed E-state index contributed by atoms with van der Waals surface area (Å²) in [7, 11) is 0. The zero-order valence-corrected chi connectivity index (χ0v) is 7.09. The predicted molar refractivity (Wildman–Crippen MR) is 45.7 cm³/mol. The summed E-state index contributed by atoms with van der Waals surface area (Å²) >= 11 is 0. The van der Waals surface area contributed by atoms with Crippen molar-refractivity contribution in [2.24, 2.45) is 0 Å². The molecule has 0 aromatic carbocycles. The summed E-state index contributed by atoms with van der Waals surface area (Å²) in [5, 5.41) is 0. The van der Waals surface area contributed by atoms with Crippen molar-refractivity contribution in [1.82, 2.24) is 4.98 Å². The normalized spacial score (nSPS) is 14.5. The van der Waals surface area contributed by atoms with Crippen LogP contribution in [0, 0.1) is 0 Å². The van der Waals surface area contributed by atoms with Gasteiger partial charge in [-0.25, -0.2) is 0 Å². The van der Waals surface area contributed by atoms with E-state index in [9.17, 15) is 0 Å². The van der Waals surface area contributed by atoms with E-state index in [2.05, 4.69) is 31.0 Å². The Morgan fingerprint density at radius 3 is 2.55 bits per heavy atom. The van der Waals surface area contributed by atoms with Crippen LogP contribution in [0.25, 0.3) is 0 Å². The molecule has 1 aliphatic rings. The average Bonchev–Trinajstić information content (AvgIpc) is 1.91. The molecule has 1 aromatic heterocycles. The number of rotatable bonds is 1. The lowest BCUT2D eigenvalue weighted by atomic mass is 9.93. The maximum Gasteiger partial charge on any atom is 0.0442 e. The van der Waals surface area contributed by atoms with E-state index >= 15 is 0 Å². The van der Waals surface area contributed by atoms with Gasteiger partial charge in [-0.15, -0.1) is 0 Å². The van der Waals surface area contributed by atoms with Crippen LogP contribution in [-0.4, -0.2) is 4.98 Å². The molecule has 1 heteroatoms. The number of hydrogen-bond acceptors (Lipinski definition) is 1. The van der Waals surface area contributed by atoms with Crippen LogP contribution in [0.15, 0.2) is 12.1 Å². The summed E-state index contributed by atoms with van der Waals surface area (Å²) in [4.78, 5) is 4.56. The average molecular weight is 147 g/mol. The topological polar surface area (TPSA) is 12.9 Å². The summed E-state index contributed by atoms with van der Waals surface area (Å²) in [6.45, 7) is 4.38. The minimum Gasteiger partial charge on any atom is -0.257 e. The second-order valence-electron chi connectivity index (χ2n) is 3.50. The van der Waals surface area contributed by atoms with Crippen LogP contribution < -0.4 is 0 Å². The van der Waals surface area contributed by atoms with Crippen LogP contribution in [0.3, 0.4) is 0 Å². The second-order valence-corrected chi connectivity index (χ2v) is 3.50. The van der Waals surface area contributed by atoms with Crippen molar-refractivity contribution >= 4 is 0 Å². The van der Waals surface area contributed by atoms with Crippen LogP contribution in [0.2, 0.25) is 0 Å². The number of aryl methyl sites for hydroxylation is 2. The maximum atomic E-state index is 4.56. The van der Waals surface area contributed by atoms with E-state index in [-0.39, 0.29) is 0 Å². The van der Waals surface area contributed by atoms with Crippen molar-refractivity contribution in [1.29, 1.82) is 0 Å². The fourth-order valence-electron chi connectivity index (χ4n) is 1.39. The molecule has 0 N–H and O–H groups in total. The minimum absolute atomic E-state index is 0.570. The first-order valence-electron chi connectivity index (χ1n) is 4.26. The highest BCUT2D eigenvalue weighted by Gasteiger charge is 2.15. The molecule has 2 rings (SSSR count). The fourth-order valence-corrected chi connectivity index (χ4v) is 1.39. The van der Waals surface area contributed by atoms with Gasteiger partial charge in [-0.1, -0.05) is 19.9 Å². The Morgan fingerprint density at radius 2 is 2.09 bits per heavy atom. The Bertz CT molecular complexity index is 276. The van der Waals surface area contributed by atoms with Gasteiger partial charge in [0.05, 0.1) is 0 Å². The number of fused-ring (bicyclic) bond motifs is 1. The highest BCUT2D eigenvalue weighted by atomic mass is 14.7. The van der Waals surface area contributed by atoms with Gasteiger partial charge in [0, 0.05) is 11.4 Å². The lowest BCUT2D eigenvalue weighted by Gasteiger charge is -2.18. The van der Waals surface area contributed by atoms with Gasteiger partial charge in [0.25, 0.3) is 0 Å². The van der Waals surface area contributed by atoms with Gasteiger partial charge < -0.3 is 0 Å². The molecule has 1 heterocycles. The first kappa shape index (κ1) is 6.84. The van der Waals surface area contributed by atoms with Gasteiger partial charge >= 0.3 is 0 Å². The third-order valence-corrected chi connectivity index (χ3v) is 2.31. The zero-order valence-electron chi connectivity index (χ0n) is 7.09. The van der Waals surface area contributed by atoms with Crippen molar-refractivity contribution < 1.29 is 0 Å². The molecule has 0 aliphatic heterocycles. The van der Waals surface area contributed by atoms with Crippen molar-refractivity contribution in [3.63, 3.8) is 0 Å². The molecule has 0 saturated carbocycles. The van der Waals surface area contributed by atoms with Gasteiger partial charge in [0.2, 0.25) is 0 Å². The molecule has 0 atom stereocenters. The van der Waals surface area contributed by atoms with E-state index < -0.39 is 0 Å². The van der Waals surface area contributed by atoms with E-state index in [0.29, 0.717) is 5.92 Å². The van der Waals surface area contributed by atoms with E-state index in [0.717, 1.165) is 0 Å². The summed E-state index contributed by atoms with van der Waals surface area (Å²) in [5.41, 5.74) is 4.02. The molecule has 0 amide bonds. The summed E-state index contributed by atoms with van der Waals surface area (Å²) in [6, 6.07) is 4.38. The van der Waals surface area contributed by atoms with Gasteiger partial charge in [-0.2, -0.15) is 0 Å². The third-order valence-electron chi connectivity index (χ3n) is 2.31. The molecule has 0 bridgehead atoms. The summed E-state index contributed by atoms with van der Waals surface area (Å²) < 4.78 is 0. The van der Waals surface area contributed by atoms with Crippen LogP contribution in [-0.2, 0) is 12.8 Å². The van der Waals surface area contributed by atoms with Crippen molar-refractivity contribution in [3.8, 4) is 0 Å². The van der Waals surface area contributed by atoms with E-state index in [1.807, 2.05) is 0 Å². The number of aromatic nitrogens is 1. The van der Waals surface area contributed by atoms with Crippen molar-refractivity contribution in [3.05, 3.63) is 29.1 Å². The van der Waals surface area contributed by atoms with Gasteiger partial charge in [-0.05, 0) is 30.4 Å². The molecule has 0 spiro atoms. The standard InChI is InChI=1S/C10H13N/c1-7(2)9-5-3-8-4-6-10(8)11-9/h3,5,7H,4,6H2,1-2H3. The van der Waals surface area contributed by atoms with Crippen LogP contribution in [0.5, 0.6) is 0 Å². The molecule has 58 valence electrons. The van der Waals surface area contributed by atoms with Gasteiger partial charge in [0.1, 0.15) is 0 Å². The maximum absolute atomic E-state index is 4.56. The molecule has 0 radical (unpaired) electrons. The molecule has 1 aliphatic carbocycles. The minimum atomic E-state index is 0.570. The predicted octanol–water partition coefficient (Wildman–Crippen LogP) is 2.30. The summed E-state index contributed by atoms with van der Waals surface area (Å²) in [5.74, 6) is 0.570. The van der Waals surface area contributed by atoms with Crippen LogP contribution in [0.4, 0.5) is 0 Å². The van der Waals surface area contributed by atoms with Gasteiger partial charge in [-0.3, -0.25) is 4.98 Å². The molecular weight excluding hydrogens is 134 g/mol. The molecule has 1 nitrogen and oxygen atoms in total. The molecule has 11 heavy (non-hydrogen) atoms. The lowest BCUT2D eigenvalue weighted by Crippen LogP contribution is -2.12. The largest absolute Gasteiger partial charge is 0.257 e. The molecule has 1 aromatic rings. The second kappa shape index (κ2) is 2.33. The number of pyridine rings is 1. The van der Waals surface area contributed by atoms with E-state index in [1.165, 1.54) is 29.8 Å².